The number of likely N-dealkylation sites (N-methyl/N-ethyl adjacent to an activating group) is 1. The first kappa shape index (κ1) is 15.4. The van der Waals surface area contributed by atoms with Crippen LogP contribution < -0.4 is 10.2 Å². The van der Waals surface area contributed by atoms with Crippen molar-refractivity contribution < 1.29 is 0 Å². The fourth-order valence-electron chi connectivity index (χ4n) is 2.37. The lowest BCUT2D eigenvalue weighted by Gasteiger charge is -2.45. The molecule has 1 fully saturated rings. The standard InChI is InChI=1S/C14H25N5S/c1-6-15-11-9-12(17-13(16-11)20-5)19-8-7-18(4)14(2,3)10-19/h9H,6-8,10H2,1-5H3,(H,15,16,17). The summed E-state index contributed by atoms with van der Waals surface area (Å²) in [6, 6.07) is 2.06. The second kappa shape index (κ2) is 6.18. The number of thioether (sulfide) groups is 1. The lowest BCUT2D eigenvalue weighted by molar-refractivity contribution is 0.138. The molecule has 0 aliphatic carbocycles. The third-order valence-electron chi connectivity index (χ3n) is 3.87. The maximum absolute atomic E-state index is 4.67. The molecule has 1 aromatic rings. The van der Waals surface area contributed by atoms with Crippen LogP contribution >= 0.6 is 11.8 Å². The molecule has 0 bridgehead atoms. The molecular weight excluding hydrogens is 270 g/mol. The topological polar surface area (TPSA) is 44.3 Å². The van der Waals surface area contributed by atoms with Crippen LogP contribution in [0, 0.1) is 0 Å². The van der Waals surface area contributed by atoms with Crippen LogP contribution in [0.2, 0.25) is 0 Å². The molecule has 0 spiro atoms. The van der Waals surface area contributed by atoms with Crippen molar-refractivity contribution in [1.82, 2.24) is 14.9 Å². The minimum Gasteiger partial charge on any atom is -0.370 e. The number of nitrogens with one attached hydrogen (secondary N) is 1. The molecule has 20 heavy (non-hydrogen) atoms. The van der Waals surface area contributed by atoms with Gasteiger partial charge in [0.25, 0.3) is 0 Å². The van der Waals surface area contributed by atoms with Crippen LogP contribution in [0.4, 0.5) is 11.6 Å². The molecule has 1 aliphatic rings. The largest absolute Gasteiger partial charge is 0.370 e. The molecule has 0 atom stereocenters. The maximum atomic E-state index is 4.67. The molecule has 5 nitrogen and oxygen atoms in total. The molecule has 0 aromatic carbocycles. The van der Waals surface area contributed by atoms with Crippen LogP contribution in [0.1, 0.15) is 20.8 Å². The zero-order chi connectivity index (χ0) is 14.8. The first-order valence-corrected chi connectivity index (χ1v) is 8.32. The minimum absolute atomic E-state index is 0.168. The molecule has 1 aromatic heterocycles. The third-order valence-corrected chi connectivity index (χ3v) is 4.42. The SMILES string of the molecule is CCNc1cc(N2CCN(C)C(C)(C)C2)nc(SC)n1. The second-order valence-corrected chi connectivity index (χ2v) is 6.56. The summed E-state index contributed by atoms with van der Waals surface area (Å²) in [5.41, 5.74) is 0.168. The molecule has 0 radical (unpaired) electrons. The Morgan fingerprint density at radius 3 is 2.70 bits per heavy atom. The Labute approximate surface area is 126 Å². The molecule has 0 unspecified atom stereocenters. The summed E-state index contributed by atoms with van der Waals surface area (Å²) < 4.78 is 0. The maximum Gasteiger partial charge on any atom is 0.191 e. The minimum atomic E-state index is 0.168. The number of rotatable bonds is 4. The van der Waals surface area contributed by atoms with Crippen LogP contribution in [0.3, 0.4) is 0 Å². The van der Waals surface area contributed by atoms with E-state index in [2.05, 4.69) is 59.0 Å². The predicted octanol–water partition coefficient (Wildman–Crippen LogP) is 2.16. The lowest BCUT2D eigenvalue weighted by atomic mass is 10.00. The molecule has 1 N–H and O–H groups in total. The molecular formula is C14H25N5S. The van der Waals surface area contributed by atoms with Crippen molar-refractivity contribution in [3.05, 3.63) is 6.07 Å². The number of anilines is 2. The fraction of sp³-hybridized carbons (Fsp3) is 0.714. The number of hydrogen-bond acceptors (Lipinski definition) is 6. The molecule has 2 rings (SSSR count). The van der Waals surface area contributed by atoms with Gasteiger partial charge in [0.1, 0.15) is 11.6 Å². The van der Waals surface area contributed by atoms with Gasteiger partial charge in [-0.1, -0.05) is 11.8 Å². The van der Waals surface area contributed by atoms with Crippen molar-refractivity contribution in [2.24, 2.45) is 0 Å². The zero-order valence-corrected chi connectivity index (χ0v) is 13.9. The molecule has 6 heteroatoms. The Morgan fingerprint density at radius 1 is 1.35 bits per heavy atom. The number of piperazine rings is 1. The van der Waals surface area contributed by atoms with E-state index < -0.39 is 0 Å². The predicted molar refractivity (Wildman–Crippen MR) is 86.9 cm³/mol. The van der Waals surface area contributed by atoms with Gasteiger partial charge in [-0.25, -0.2) is 9.97 Å². The second-order valence-electron chi connectivity index (χ2n) is 5.78. The van der Waals surface area contributed by atoms with Gasteiger partial charge in [0.2, 0.25) is 0 Å². The molecule has 1 aliphatic heterocycles. The van der Waals surface area contributed by atoms with Gasteiger partial charge in [-0.15, -0.1) is 0 Å². The summed E-state index contributed by atoms with van der Waals surface area (Å²) in [6.07, 6.45) is 2.02. The van der Waals surface area contributed by atoms with Crippen molar-refractivity contribution >= 4 is 23.4 Å². The average molecular weight is 295 g/mol. The molecule has 2 heterocycles. The fourth-order valence-corrected chi connectivity index (χ4v) is 2.75. The Bertz CT molecular complexity index is 463. The smallest absolute Gasteiger partial charge is 0.191 e. The quantitative estimate of drug-likeness (QED) is 0.678. The van der Waals surface area contributed by atoms with Gasteiger partial charge in [0, 0.05) is 37.8 Å². The number of hydrogen-bond donors (Lipinski definition) is 1. The molecule has 1 saturated heterocycles. The van der Waals surface area contributed by atoms with Crippen LogP contribution in [0.15, 0.2) is 11.2 Å². The van der Waals surface area contributed by atoms with Gasteiger partial charge in [0.05, 0.1) is 0 Å². The Morgan fingerprint density at radius 2 is 2.10 bits per heavy atom. The van der Waals surface area contributed by atoms with E-state index in [1.807, 2.05) is 6.26 Å². The molecule has 0 saturated carbocycles. The van der Waals surface area contributed by atoms with Crippen LogP contribution in [0.25, 0.3) is 0 Å². The van der Waals surface area contributed by atoms with E-state index in [9.17, 15) is 0 Å². The summed E-state index contributed by atoms with van der Waals surface area (Å²) in [6.45, 7) is 10.6. The highest BCUT2D eigenvalue weighted by molar-refractivity contribution is 7.98. The van der Waals surface area contributed by atoms with Gasteiger partial charge < -0.3 is 10.2 Å². The first-order chi connectivity index (χ1) is 9.46. The van der Waals surface area contributed by atoms with Crippen molar-refractivity contribution in [1.29, 1.82) is 0 Å². The summed E-state index contributed by atoms with van der Waals surface area (Å²) in [7, 11) is 2.19. The van der Waals surface area contributed by atoms with Crippen LogP contribution in [-0.4, -0.2) is 59.9 Å². The van der Waals surface area contributed by atoms with Crippen molar-refractivity contribution in [3.63, 3.8) is 0 Å². The van der Waals surface area contributed by atoms with Gasteiger partial charge in [-0.3, -0.25) is 4.90 Å². The first-order valence-electron chi connectivity index (χ1n) is 7.09. The van der Waals surface area contributed by atoms with E-state index in [1.54, 1.807) is 11.8 Å². The van der Waals surface area contributed by atoms with Gasteiger partial charge in [0.15, 0.2) is 5.16 Å². The normalized spacial score (nSPS) is 19.1. The number of aromatic nitrogens is 2. The van der Waals surface area contributed by atoms with E-state index in [4.69, 9.17) is 0 Å². The van der Waals surface area contributed by atoms with Crippen molar-refractivity contribution in [3.8, 4) is 0 Å². The highest BCUT2D eigenvalue weighted by Crippen LogP contribution is 2.26. The Kier molecular flexibility index (Phi) is 4.75. The third kappa shape index (κ3) is 3.35. The van der Waals surface area contributed by atoms with Crippen molar-refractivity contribution in [2.75, 3.05) is 49.7 Å². The van der Waals surface area contributed by atoms with E-state index in [-0.39, 0.29) is 5.54 Å². The highest BCUT2D eigenvalue weighted by atomic mass is 32.2. The van der Waals surface area contributed by atoms with E-state index in [0.717, 1.165) is 43.0 Å². The summed E-state index contributed by atoms with van der Waals surface area (Å²) >= 11 is 1.59. The van der Waals surface area contributed by atoms with E-state index in [0.29, 0.717) is 0 Å². The zero-order valence-electron chi connectivity index (χ0n) is 13.1. The van der Waals surface area contributed by atoms with Crippen LogP contribution in [-0.2, 0) is 0 Å². The summed E-state index contributed by atoms with van der Waals surface area (Å²) in [5, 5.41) is 4.12. The van der Waals surface area contributed by atoms with Gasteiger partial charge in [-0.05, 0) is 34.1 Å². The Balaban J connectivity index is 2.25. The van der Waals surface area contributed by atoms with Crippen LogP contribution in [0.5, 0.6) is 0 Å². The van der Waals surface area contributed by atoms with Crippen molar-refractivity contribution in [2.45, 2.75) is 31.5 Å². The molecule has 0 amide bonds. The molecule has 112 valence electrons. The van der Waals surface area contributed by atoms with E-state index in [1.165, 1.54) is 0 Å². The van der Waals surface area contributed by atoms with Gasteiger partial charge >= 0.3 is 0 Å². The average Bonchev–Trinajstić information content (AvgIpc) is 2.41. The summed E-state index contributed by atoms with van der Waals surface area (Å²) in [5.74, 6) is 1.94. The lowest BCUT2D eigenvalue weighted by Crippen LogP contribution is -2.57. The van der Waals surface area contributed by atoms with E-state index >= 15 is 0 Å². The highest BCUT2D eigenvalue weighted by Gasteiger charge is 2.31. The Hall–Kier alpha value is -1.01. The summed E-state index contributed by atoms with van der Waals surface area (Å²) in [4.78, 5) is 13.9. The van der Waals surface area contributed by atoms with Gasteiger partial charge in [-0.2, -0.15) is 0 Å². The monoisotopic (exact) mass is 295 g/mol. The number of nitrogens with zero attached hydrogens (tertiary/aromatic N) is 4.